The number of hydrogen-bond donors (Lipinski definition) is 2. The second-order valence-corrected chi connectivity index (χ2v) is 5.19. The van der Waals surface area contributed by atoms with Crippen molar-refractivity contribution >= 4 is 11.6 Å². The van der Waals surface area contributed by atoms with E-state index in [1.54, 1.807) is 0 Å². The van der Waals surface area contributed by atoms with Crippen molar-refractivity contribution in [1.29, 1.82) is 0 Å². The minimum absolute atomic E-state index is 0.0837. The van der Waals surface area contributed by atoms with Crippen molar-refractivity contribution in [3.8, 4) is 5.75 Å². The molecule has 2 unspecified atom stereocenters. The highest BCUT2D eigenvalue weighted by molar-refractivity contribution is 5.93. The summed E-state index contributed by atoms with van der Waals surface area (Å²) in [5.41, 5.74) is -0.232. The van der Waals surface area contributed by atoms with Crippen molar-refractivity contribution in [2.75, 3.05) is 5.32 Å². The summed E-state index contributed by atoms with van der Waals surface area (Å²) in [5.74, 6) is -4.93. The zero-order chi connectivity index (χ0) is 15.6. The predicted octanol–water partition coefficient (Wildman–Crippen LogP) is 3.84. The second-order valence-electron chi connectivity index (χ2n) is 5.19. The molecule has 0 radical (unpaired) electrons. The summed E-state index contributed by atoms with van der Waals surface area (Å²) >= 11 is 0. The third kappa shape index (κ3) is 3.65. The Kier molecular flexibility index (Phi) is 4.39. The van der Waals surface area contributed by atoms with Crippen LogP contribution in [0.2, 0.25) is 0 Å². The van der Waals surface area contributed by atoms with Gasteiger partial charge in [0.25, 0.3) is 0 Å². The van der Waals surface area contributed by atoms with Crippen LogP contribution in [-0.4, -0.2) is 17.2 Å². The third-order valence-corrected chi connectivity index (χ3v) is 3.73. The number of halogens is 4. The zero-order valence-electron chi connectivity index (χ0n) is 11.1. The van der Waals surface area contributed by atoms with Gasteiger partial charge in [0.1, 0.15) is 11.6 Å². The number of phenols is 1. The molecule has 7 heteroatoms. The zero-order valence-corrected chi connectivity index (χ0v) is 11.1. The van der Waals surface area contributed by atoms with Crippen LogP contribution in [0.15, 0.2) is 18.2 Å². The van der Waals surface area contributed by atoms with Crippen molar-refractivity contribution in [2.45, 2.75) is 31.9 Å². The van der Waals surface area contributed by atoms with Crippen molar-refractivity contribution < 1.29 is 27.5 Å². The quantitative estimate of drug-likeness (QED) is 0.644. The first-order chi connectivity index (χ1) is 9.79. The number of hydrogen-bond acceptors (Lipinski definition) is 2. The number of aromatic hydroxyl groups is 1. The smallest absolute Gasteiger partial charge is 0.392 e. The van der Waals surface area contributed by atoms with E-state index in [9.17, 15) is 22.4 Å². The molecule has 0 aliphatic heterocycles. The van der Waals surface area contributed by atoms with E-state index in [1.165, 1.54) is 0 Å². The molecule has 1 saturated carbocycles. The molecule has 1 fully saturated rings. The SMILES string of the molecule is O=C(Nc1ccc(O)cc1F)C1CCCCC1C(F)(F)F. The summed E-state index contributed by atoms with van der Waals surface area (Å²) < 4.78 is 52.3. The van der Waals surface area contributed by atoms with Gasteiger partial charge in [-0.3, -0.25) is 4.79 Å². The number of alkyl halides is 3. The monoisotopic (exact) mass is 305 g/mol. The number of nitrogens with one attached hydrogen (secondary N) is 1. The molecule has 2 atom stereocenters. The maximum absolute atomic E-state index is 13.5. The molecule has 0 aromatic heterocycles. The Morgan fingerprint density at radius 3 is 2.52 bits per heavy atom. The van der Waals surface area contributed by atoms with E-state index in [1.807, 2.05) is 0 Å². The summed E-state index contributed by atoms with van der Waals surface area (Å²) in [4.78, 5) is 12.0. The van der Waals surface area contributed by atoms with Crippen LogP contribution in [0.1, 0.15) is 25.7 Å². The largest absolute Gasteiger partial charge is 0.508 e. The molecule has 21 heavy (non-hydrogen) atoms. The Balaban J connectivity index is 2.14. The van der Waals surface area contributed by atoms with Gasteiger partial charge in [0.05, 0.1) is 11.6 Å². The van der Waals surface area contributed by atoms with Crippen molar-refractivity contribution in [3.05, 3.63) is 24.0 Å². The molecule has 1 aromatic rings. The van der Waals surface area contributed by atoms with Crippen LogP contribution in [-0.2, 0) is 4.79 Å². The fourth-order valence-corrected chi connectivity index (χ4v) is 2.67. The maximum Gasteiger partial charge on any atom is 0.392 e. The Morgan fingerprint density at radius 1 is 1.24 bits per heavy atom. The number of benzene rings is 1. The average Bonchev–Trinajstić information content (AvgIpc) is 2.41. The molecule has 2 N–H and O–H groups in total. The first-order valence-corrected chi connectivity index (χ1v) is 6.65. The highest BCUT2D eigenvalue weighted by Gasteiger charge is 2.48. The molecule has 1 aliphatic rings. The Bertz CT molecular complexity index is 530. The standard InChI is InChI=1S/C14H15F4NO2/c15-11-7-8(20)5-6-12(11)19-13(21)9-3-1-2-4-10(9)14(16,17)18/h5-7,9-10,20H,1-4H2,(H,19,21). The molecule has 3 nitrogen and oxygen atoms in total. The van der Waals surface area contributed by atoms with Crippen LogP contribution < -0.4 is 5.32 Å². The van der Waals surface area contributed by atoms with E-state index in [0.717, 1.165) is 18.2 Å². The summed E-state index contributed by atoms with van der Waals surface area (Å²) in [6.45, 7) is 0. The number of carbonyl (C=O) groups is 1. The summed E-state index contributed by atoms with van der Waals surface area (Å²) in [7, 11) is 0. The fourth-order valence-electron chi connectivity index (χ4n) is 2.67. The lowest BCUT2D eigenvalue weighted by molar-refractivity contribution is -0.197. The number of amides is 1. The molecule has 0 bridgehead atoms. The highest BCUT2D eigenvalue weighted by atomic mass is 19.4. The van der Waals surface area contributed by atoms with Gasteiger partial charge >= 0.3 is 6.18 Å². The van der Waals surface area contributed by atoms with Crippen molar-refractivity contribution in [1.82, 2.24) is 0 Å². The maximum atomic E-state index is 13.5. The van der Waals surface area contributed by atoms with Gasteiger partial charge in [-0.05, 0) is 25.0 Å². The molecular formula is C14H15F4NO2. The van der Waals surface area contributed by atoms with Gasteiger partial charge < -0.3 is 10.4 Å². The van der Waals surface area contributed by atoms with Gasteiger partial charge in [0.15, 0.2) is 0 Å². The summed E-state index contributed by atoms with van der Waals surface area (Å²) in [6, 6.07) is 3.06. The lowest BCUT2D eigenvalue weighted by atomic mass is 9.78. The van der Waals surface area contributed by atoms with E-state index in [0.29, 0.717) is 12.8 Å². The Morgan fingerprint density at radius 2 is 1.90 bits per heavy atom. The minimum atomic E-state index is -4.43. The van der Waals surface area contributed by atoms with Gasteiger partial charge in [-0.2, -0.15) is 13.2 Å². The first kappa shape index (κ1) is 15.6. The van der Waals surface area contributed by atoms with E-state index in [4.69, 9.17) is 5.11 Å². The number of anilines is 1. The molecule has 116 valence electrons. The van der Waals surface area contributed by atoms with Crippen LogP contribution in [0.3, 0.4) is 0 Å². The molecule has 2 rings (SSSR count). The van der Waals surface area contributed by atoms with Crippen LogP contribution in [0.4, 0.5) is 23.2 Å². The number of rotatable bonds is 2. The van der Waals surface area contributed by atoms with E-state index in [-0.39, 0.29) is 24.3 Å². The number of carbonyl (C=O) groups excluding carboxylic acids is 1. The molecule has 1 amide bonds. The van der Waals surface area contributed by atoms with E-state index >= 15 is 0 Å². The first-order valence-electron chi connectivity index (χ1n) is 6.65. The molecule has 1 aromatic carbocycles. The Labute approximate surface area is 119 Å². The lowest BCUT2D eigenvalue weighted by Gasteiger charge is -2.32. The van der Waals surface area contributed by atoms with Gasteiger partial charge in [0.2, 0.25) is 5.91 Å². The topological polar surface area (TPSA) is 49.3 Å². The number of phenolic OH excluding ortho intramolecular Hbond substituents is 1. The van der Waals surface area contributed by atoms with Crippen LogP contribution in [0, 0.1) is 17.7 Å². The van der Waals surface area contributed by atoms with Crippen molar-refractivity contribution in [3.63, 3.8) is 0 Å². The third-order valence-electron chi connectivity index (χ3n) is 3.73. The lowest BCUT2D eigenvalue weighted by Crippen LogP contribution is -2.39. The fraction of sp³-hybridized carbons (Fsp3) is 0.500. The van der Waals surface area contributed by atoms with Gasteiger partial charge in [-0.15, -0.1) is 0 Å². The Hall–Kier alpha value is -1.79. The van der Waals surface area contributed by atoms with Crippen LogP contribution in [0.25, 0.3) is 0 Å². The van der Waals surface area contributed by atoms with Crippen molar-refractivity contribution in [2.24, 2.45) is 11.8 Å². The molecule has 1 aliphatic carbocycles. The average molecular weight is 305 g/mol. The van der Waals surface area contributed by atoms with Crippen LogP contribution >= 0.6 is 0 Å². The van der Waals surface area contributed by atoms with Gasteiger partial charge in [-0.1, -0.05) is 12.8 Å². The van der Waals surface area contributed by atoms with Crippen LogP contribution in [0.5, 0.6) is 5.75 Å². The summed E-state index contributed by atoms with van der Waals surface area (Å²) in [6.07, 6.45) is -3.41. The molecule has 0 saturated heterocycles. The summed E-state index contributed by atoms with van der Waals surface area (Å²) in [5, 5.41) is 11.3. The molecule has 0 spiro atoms. The second kappa shape index (κ2) is 5.91. The van der Waals surface area contributed by atoms with Gasteiger partial charge in [0, 0.05) is 12.0 Å². The minimum Gasteiger partial charge on any atom is -0.508 e. The van der Waals surface area contributed by atoms with Gasteiger partial charge in [-0.25, -0.2) is 4.39 Å². The van der Waals surface area contributed by atoms with E-state index in [2.05, 4.69) is 5.32 Å². The molecular weight excluding hydrogens is 290 g/mol. The predicted molar refractivity (Wildman–Crippen MR) is 68.2 cm³/mol. The molecule has 0 heterocycles. The highest BCUT2D eigenvalue weighted by Crippen LogP contribution is 2.42. The normalized spacial score (nSPS) is 22.9. The van der Waals surface area contributed by atoms with E-state index < -0.39 is 29.7 Å².